The Labute approximate surface area is 138 Å². The van der Waals surface area contributed by atoms with Crippen molar-refractivity contribution in [2.24, 2.45) is 10.7 Å². The number of hydrogen-bond acceptors (Lipinski definition) is 6. The van der Waals surface area contributed by atoms with Gasteiger partial charge in [-0.1, -0.05) is 29.8 Å². The van der Waals surface area contributed by atoms with E-state index in [1.807, 2.05) is 18.2 Å². The lowest BCUT2D eigenvalue weighted by atomic mass is 10.1. The van der Waals surface area contributed by atoms with E-state index in [0.29, 0.717) is 11.0 Å². The van der Waals surface area contributed by atoms with Crippen LogP contribution in [0.3, 0.4) is 0 Å². The van der Waals surface area contributed by atoms with Crippen molar-refractivity contribution in [1.29, 1.82) is 0 Å². The van der Waals surface area contributed by atoms with E-state index in [0.717, 1.165) is 16.8 Å². The minimum atomic E-state index is -0.438. The van der Waals surface area contributed by atoms with Crippen molar-refractivity contribution >= 4 is 35.0 Å². The first-order valence-electron chi connectivity index (χ1n) is 6.71. The number of nitrogens with one attached hydrogen (secondary N) is 3. The molecular formula is C15H16ClN5S. The second-order valence-electron chi connectivity index (χ2n) is 4.74. The van der Waals surface area contributed by atoms with Gasteiger partial charge in [-0.25, -0.2) is 4.99 Å². The van der Waals surface area contributed by atoms with E-state index in [-0.39, 0.29) is 0 Å². The average Bonchev–Trinajstić information content (AvgIpc) is 2.93. The van der Waals surface area contributed by atoms with Crippen LogP contribution in [-0.4, -0.2) is 18.5 Å². The maximum absolute atomic E-state index is 6.41. The maximum atomic E-state index is 6.41. The maximum Gasteiger partial charge on any atom is 0.213 e. The summed E-state index contributed by atoms with van der Waals surface area (Å²) in [6.45, 7) is 0. The largest absolute Gasteiger partial charge is 0.325 e. The quantitative estimate of drug-likeness (QED) is 0.650. The van der Waals surface area contributed by atoms with E-state index in [2.05, 4.69) is 51.7 Å². The van der Waals surface area contributed by atoms with Crippen LogP contribution in [-0.2, 0) is 0 Å². The topological polar surface area (TPSA) is 74.5 Å². The molecule has 7 heteroatoms. The predicted molar refractivity (Wildman–Crippen MR) is 94.0 cm³/mol. The Kier molecular flexibility index (Phi) is 4.54. The molecule has 5 N–H and O–H groups in total. The van der Waals surface area contributed by atoms with E-state index in [9.17, 15) is 0 Å². The average molecular weight is 334 g/mol. The fourth-order valence-electron chi connectivity index (χ4n) is 2.14. The minimum absolute atomic E-state index is 0.438. The molecule has 0 saturated carbocycles. The highest BCUT2D eigenvalue weighted by Gasteiger charge is 2.12. The van der Waals surface area contributed by atoms with Crippen LogP contribution < -0.4 is 21.9 Å². The van der Waals surface area contributed by atoms with Gasteiger partial charge in [0.25, 0.3) is 0 Å². The Hall–Kier alpha value is -1.73. The van der Waals surface area contributed by atoms with E-state index in [4.69, 9.17) is 17.3 Å². The third kappa shape index (κ3) is 3.36. The summed E-state index contributed by atoms with van der Waals surface area (Å²) >= 11 is 8.12. The smallest absolute Gasteiger partial charge is 0.213 e. The van der Waals surface area contributed by atoms with Crippen LogP contribution in [0.5, 0.6) is 0 Å². The summed E-state index contributed by atoms with van der Waals surface area (Å²) in [6.07, 6.45) is 1.62. The third-order valence-corrected chi connectivity index (χ3v) is 4.30. The normalized spacial score (nSPS) is 17.0. The van der Waals surface area contributed by atoms with Crippen LogP contribution in [0.25, 0.3) is 11.1 Å². The molecular weight excluding hydrogens is 318 g/mol. The Balaban J connectivity index is 1.81. The summed E-state index contributed by atoms with van der Waals surface area (Å²) in [5, 5.41) is 3.80. The summed E-state index contributed by atoms with van der Waals surface area (Å²) < 4.78 is 0. The molecule has 1 atom stereocenters. The van der Waals surface area contributed by atoms with Gasteiger partial charge in [-0.3, -0.25) is 11.2 Å². The van der Waals surface area contributed by atoms with Crippen LogP contribution >= 0.6 is 23.4 Å². The third-order valence-electron chi connectivity index (χ3n) is 3.24. The van der Waals surface area contributed by atoms with Gasteiger partial charge in [0, 0.05) is 16.1 Å². The second-order valence-corrected chi connectivity index (χ2v) is 6.03. The highest BCUT2D eigenvalue weighted by molar-refractivity contribution is 7.98. The van der Waals surface area contributed by atoms with E-state index >= 15 is 0 Å². The minimum Gasteiger partial charge on any atom is -0.325 e. The lowest BCUT2D eigenvalue weighted by Gasteiger charge is -2.10. The first-order valence-corrected chi connectivity index (χ1v) is 8.32. The highest BCUT2D eigenvalue weighted by atomic mass is 35.5. The Bertz CT molecular complexity index is 702. The molecule has 22 heavy (non-hydrogen) atoms. The SMILES string of the molecule is CSc1ccc(-c2ccc(NC3=NC(N)NN3)cc2Cl)cc1. The zero-order valence-electron chi connectivity index (χ0n) is 11.9. The molecule has 1 unspecified atom stereocenters. The van der Waals surface area contributed by atoms with Crippen LogP contribution in [0.4, 0.5) is 5.69 Å². The molecule has 5 nitrogen and oxygen atoms in total. The Morgan fingerprint density at radius 1 is 1.23 bits per heavy atom. The molecule has 3 rings (SSSR count). The van der Waals surface area contributed by atoms with E-state index in [1.54, 1.807) is 11.8 Å². The number of benzene rings is 2. The van der Waals surface area contributed by atoms with Crippen LogP contribution in [0.15, 0.2) is 52.4 Å². The van der Waals surface area contributed by atoms with Gasteiger partial charge in [-0.2, -0.15) is 5.43 Å². The monoisotopic (exact) mass is 333 g/mol. The van der Waals surface area contributed by atoms with Crippen molar-refractivity contribution in [3.05, 3.63) is 47.5 Å². The van der Waals surface area contributed by atoms with Gasteiger partial charge < -0.3 is 5.32 Å². The van der Waals surface area contributed by atoms with Crippen molar-refractivity contribution < 1.29 is 0 Å². The number of nitrogens with zero attached hydrogens (tertiary/aromatic N) is 1. The number of guanidine groups is 1. The van der Waals surface area contributed by atoms with Crippen molar-refractivity contribution in [2.75, 3.05) is 11.6 Å². The van der Waals surface area contributed by atoms with E-state index < -0.39 is 6.29 Å². The van der Waals surface area contributed by atoms with Gasteiger partial charge in [0.05, 0.1) is 5.02 Å². The van der Waals surface area contributed by atoms with Crippen LogP contribution in [0, 0.1) is 0 Å². The molecule has 2 aromatic carbocycles. The van der Waals surface area contributed by atoms with Crippen molar-refractivity contribution in [3.8, 4) is 11.1 Å². The highest BCUT2D eigenvalue weighted by Crippen LogP contribution is 2.31. The van der Waals surface area contributed by atoms with Gasteiger partial charge in [0.15, 0.2) is 6.29 Å². The van der Waals surface area contributed by atoms with Crippen molar-refractivity contribution in [2.45, 2.75) is 11.2 Å². The molecule has 1 aliphatic heterocycles. The first-order chi connectivity index (χ1) is 10.7. The van der Waals surface area contributed by atoms with Gasteiger partial charge in [0.2, 0.25) is 5.96 Å². The molecule has 2 aromatic rings. The Morgan fingerprint density at radius 3 is 2.59 bits per heavy atom. The molecule has 114 valence electrons. The number of anilines is 1. The Morgan fingerprint density at radius 2 is 2.00 bits per heavy atom. The van der Waals surface area contributed by atoms with Crippen molar-refractivity contribution in [1.82, 2.24) is 10.9 Å². The van der Waals surface area contributed by atoms with Gasteiger partial charge >= 0.3 is 0 Å². The summed E-state index contributed by atoms with van der Waals surface area (Å²) in [7, 11) is 0. The summed E-state index contributed by atoms with van der Waals surface area (Å²) in [5.41, 5.74) is 14.2. The summed E-state index contributed by atoms with van der Waals surface area (Å²) in [5.74, 6) is 0.570. The molecule has 0 fully saturated rings. The molecule has 0 amide bonds. The number of hydrogen-bond donors (Lipinski definition) is 4. The summed E-state index contributed by atoms with van der Waals surface area (Å²) in [4.78, 5) is 5.36. The number of rotatable bonds is 3. The number of aliphatic imine (C=N–C) groups is 1. The number of halogens is 1. The van der Waals surface area contributed by atoms with Crippen molar-refractivity contribution in [3.63, 3.8) is 0 Å². The summed E-state index contributed by atoms with van der Waals surface area (Å²) in [6, 6.07) is 14.1. The fraction of sp³-hybridized carbons (Fsp3) is 0.133. The molecule has 0 aromatic heterocycles. The first kappa shape index (κ1) is 15.2. The van der Waals surface area contributed by atoms with Gasteiger partial charge in [-0.15, -0.1) is 11.8 Å². The van der Waals surface area contributed by atoms with Crippen LogP contribution in [0.2, 0.25) is 5.02 Å². The fourth-order valence-corrected chi connectivity index (χ4v) is 2.84. The van der Waals surface area contributed by atoms with Gasteiger partial charge in [-0.05, 0) is 36.1 Å². The standard InChI is InChI=1S/C15H16ClN5S/c1-22-11-5-2-9(3-6-11)12-7-4-10(8-13(12)16)18-15-19-14(17)20-21-15/h2-8,14,20H,17H2,1H3,(H2,18,19,21). The van der Waals surface area contributed by atoms with Gasteiger partial charge in [0.1, 0.15) is 0 Å². The predicted octanol–water partition coefficient (Wildman–Crippen LogP) is 2.85. The number of thioether (sulfide) groups is 1. The molecule has 0 bridgehead atoms. The number of nitrogens with two attached hydrogens (primary N) is 1. The lowest BCUT2D eigenvalue weighted by molar-refractivity contribution is 0.567. The second kappa shape index (κ2) is 6.58. The zero-order valence-corrected chi connectivity index (χ0v) is 13.5. The zero-order chi connectivity index (χ0) is 15.5. The molecule has 0 spiro atoms. The lowest BCUT2D eigenvalue weighted by Crippen LogP contribution is -2.41. The molecule has 0 radical (unpaired) electrons. The van der Waals surface area contributed by atoms with Crippen LogP contribution in [0.1, 0.15) is 0 Å². The molecule has 1 heterocycles. The van der Waals surface area contributed by atoms with E-state index in [1.165, 1.54) is 4.90 Å². The molecule has 0 aliphatic carbocycles. The number of hydrazine groups is 1. The molecule has 0 saturated heterocycles. The molecule has 1 aliphatic rings.